The van der Waals surface area contributed by atoms with Gasteiger partial charge in [0.1, 0.15) is 0 Å². The van der Waals surface area contributed by atoms with E-state index >= 15 is 0 Å². The SMILES string of the molecule is CC(C)CC(C)NCCS(N)(=O)=O. The lowest BCUT2D eigenvalue weighted by atomic mass is 10.1. The highest BCUT2D eigenvalue weighted by Crippen LogP contribution is 2.02. The van der Waals surface area contributed by atoms with Crippen LogP contribution in [0.25, 0.3) is 0 Å². The lowest BCUT2D eigenvalue weighted by Gasteiger charge is -2.15. The molecule has 0 saturated heterocycles. The van der Waals surface area contributed by atoms with Gasteiger partial charge in [-0.15, -0.1) is 0 Å². The van der Waals surface area contributed by atoms with E-state index in [0.717, 1.165) is 6.42 Å². The zero-order chi connectivity index (χ0) is 10.5. The number of sulfonamides is 1. The maximum Gasteiger partial charge on any atom is 0.210 e. The van der Waals surface area contributed by atoms with Crippen molar-refractivity contribution in [3.8, 4) is 0 Å². The number of nitrogens with one attached hydrogen (secondary N) is 1. The first-order chi connectivity index (χ1) is 5.81. The lowest BCUT2D eigenvalue weighted by molar-refractivity contribution is 0.451. The highest BCUT2D eigenvalue weighted by molar-refractivity contribution is 7.89. The highest BCUT2D eigenvalue weighted by atomic mass is 32.2. The van der Waals surface area contributed by atoms with Crippen molar-refractivity contribution in [2.45, 2.75) is 33.2 Å². The van der Waals surface area contributed by atoms with Crippen LogP contribution < -0.4 is 10.5 Å². The van der Waals surface area contributed by atoms with Crippen molar-refractivity contribution < 1.29 is 8.42 Å². The zero-order valence-corrected chi connectivity index (χ0v) is 9.39. The van der Waals surface area contributed by atoms with Gasteiger partial charge in [0.2, 0.25) is 10.0 Å². The Morgan fingerprint density at radius 3 is 2.23 bits per heavy atom. The second-order valence-corrected chi connectivity index (χ2v) is 5.59. The Hall–Kier alpha value is -0.130. The van der Waals surface area contributed by atoms with Gasteiger partial charge >= 0.3 is 0 Å². The molecule has 13 heavy (non-hydrogen) atoms. The summed E-state index contributed by atoms with van der Waals surface area (Å²) in [6.45, 7) is 6.76. The van der Waals surface area contributed by atoms with Crippen LogP contribution in [0.15, 0.2) is 0 Å². The largest absolute Gasteiger partial charge is 0.313 e. The van der Waals surface area contributed by atoms with Gasteiger partial charge in [-0.2, -0.15) is 0 Å². The van der Waals surface area contributed by atoms with E-state index in [4.69, 9.17) is 5.14 Å². The third-order valence-corrected chi connectivity index (χ3v) is 2.48. The fourth-order valence-electron chi connectivity index (χ4n) is 1.24. The Morgan fingerprint density at radius 2 is 1.85 bits per heavy atom. The fourth-order valence-corrected chi connectivity index (χ4v) is 1.64. The summed E-state index contributed by atoms with van der Waals surface area (Å²) < 4.78 is 21.1. The van der Waals surface area contributed by atoms with E-state index in [1.54, 1.807) is 0 Å². The summed E-state index contributed by atoms with van der Waals surface area (Å²) in [7, 11) is -3.31. The first-order valence-corrected chi connectivity index (χ1v) is 6.26. The molecule has 0 fully saturated rings. The van der Waals surface area contributed by atoms with Gasteiger partial charge in [0, 0.05) is 12.6 Å². The molecule has 80 valence electrons. The predicted molar refractivity (Wildman–Crippen MR) is 54.9 cm³/mol. The maximum atomic E-state index is 10.6. The molecule has 0 aliphatic carbocycles. The molecule has 1 atom stereocenters. The summed E-state index contributed by atoms with van der Waals surface area (Å²) >= 11 is 0. The summed E-state index contributed by atoms with van der Waals surface area (Å²) in [6.07, 6.45) is 1.05. The van der Waals surface area contributed by atoms with Crippen LogP contribution in [0.2, 0.25) is 0 Å². The van der Waals surface area contributed by atoms with E-state index in [9.17, 15) is 8.42 Å². The van der Waals surface area contributed by atoms with Crippen LogP contribution in [0.1, 0.15) is 27.2 Å². The average Bonchev–Trinajstić information content (AvgIpc) is 1.81. The minimum atomic E-state index is -3.31. The molecule has 0 aliphatic heterocycles. The van der Waals surface area contributed by atoms with Crippen molar-refractivity contribution in [2.75, 3.05) is 12.3 Å². The smallest absolute Gasteiger partial charge is 0.210 e. The summed E-state index contributed by atoms with van der Waals surface area (Å²) in [6, 6.07) is 0.349. The molecule has 5 heteroatoms. The van der Waals surface area contributed by atoms with E-state index < -0.39 is 10.0 Å². The maximum absolute atomic E-state index is 10.6. The number of hydrogen-bond donors (Lipinski definition) is 2. The van der Waals surface area contributed by atoms with Crippen molar-refractivity contribution in [3.05, 3.63) is 0 Å². The van der Waals surface area contributed by atoms with Crippen LogP contribution in [0.5, 0.6) is 0 Å². The molecule has 1 unspecified atom stereocenters. The summed E-state index contributed by atoms with van der Waals surface area (Å²) in [5.41, 5.74) is 0. The summed E-state index contributed by atoms with van der Waals surface area (Å²) in [5, 5.41) is 7.97. The molecular formula is C8H20N2O2S. The molecule has 0 aromatic carbocycles. The summed E-state index contributed by atoms with van der Waals surface area (Å²) in [5.74, 6) is 0.632. The molecule has 3 N–H and O–H groups in total. The molecule has 0 bridgehead atoms. The normalized spacial score (nSPS) is 14.8. The zero-order valence-electron chi connectivity index (χ0n) is 8.58. The van der Waals surface area contributed by atoms with Crippen LogP contribution in [-0.2, 0) is 10.0 Å². The highest BCUT2D eigenvalue weighted by Gasteiger charge is 2.06. The molecule has 0 spiro atoms. The fraction of sp³-hybridized carbons (Fsp3) is 1.00. The van der Waals surface area contributed by atoms with Crippen molar-refractivity contribution >= 4 is 10.0 Å². The average molecular weight is 208 g/mol. The number of hydrogen-bond acceptors (Lipinski definition) is 3. The van der Waals surface area contributed by atoms with Gasteiger partial charge in [0.15, 0.2) is 0 Å². The van der Waals surface area contributed by atoms with E-state index in [1.165, 1.54) is 0 Å². The minimum absolute atomic E-state index is 0.00936. The molecular weight excluding hydrogens is 188 g/mol. The Labute approximate surface area is 80.9 Å². The van der Waals surface area contributed by atoms with E-state index in [-0.39, 0.29) is 5.75 Å². The Bertz CT molecular complexity index is 224. The van der Waals surface area contributed by atoms with Crippen molar-refractivity contribution in [1.82, 2.24) is 5.32 Å². The van der Waals surface area contributed by atoms with Crippen molar-refractivity contribution in [1.29, 1.82) is 0 Å². The molecule has 0 amide bonds. The van der Waals surface area contributed by atoms with Crippen LogP contribution in [0.4, 0.5) is 0 Å². The topological polar surface area (TPSA) is 72.2 Å². The van der Waals surface area contributed by atoms with Crippen molar-refractivity contribution in [2.24, 2.45) is 11.1 Å². The lowest BCUT2D eigenvalue weighted by Crippen LogP contribution is -2.33. The minimum Gasteiger partial charge on any atom is -0.313 e. The van der Waals surface area contributed by atoms with Crippen LogP contribution in [0.3, 0.4) is 0 Å². The monoisotopic (exact) mass is 208 g/mol. The molecule has 0 rings (SSSR count). The van der Waals surface area contributed by atoms with Gasteiger partial charge in [-0.3, -0.25) is 0 Å². The molecule has 0 aliphatic rings. The van der Waals surface area contributed by atoms with E-state index in [1.807, 2.05) is 6.92 Å². The molecule has 0 aromatic heterocycles. The molecule has 0 saturated carbocycles. The van der Waals surface area contributed by atoms with Crippen LogP contribution in [0, 0.1) is 5.92 Å². The van der Waals surface area contributed by atoms with Gasteiger partial charge < -0.3 is 5.32 Å². The van der Waals surface area contributed by atoms with E-state index in [0.29, 0.717) is 18.5 Å². The predicted octanol–water partition coefficient (Wildman–Crippen LogP) is 0.299. The Balaban J connectivity index is 3.54. The van der Waals surface area contributed by atoms with Gasteiger partial charge in [-0.05, 0) is 19.3 Å². The molecule has 4 nitrogen and oxygen atoms in total. The third-order valence-electron chi connectivity index (χ3n) is 1.70. The number of primary sulfonamides is 1. The number of nitrogens with two attached hydrogens (primary N) is 1. The quantitative estimate of drug-likeness (QED) is 0.659. The number of rotatable bonds is 6. The first-order valence-electron chi connectivity index (χ1n) is 4.55. The van der Waals surface area contributed by atoms with Gasteiger partial charge in [-0.25, -0.2) is 13.6 Å². The molecule has 0 radical (unpaired) electrons. The van der Waals surface area contributed by atoms with Crippen LogP contribution in [-0.4, -0.2) is 26.8 Å². The first kappa shape index (κ1) is 12.9. The van der Waals surface area contributed by atoms with Gasteiger partial charge in [0.05, 0.1) is 5.75 Å². The second-order valence-electron chi connectivity index (χ2n) is 3.85. The second kappa shape index (κ2) is 5.57. The van der Waals surface area contributed by atoms with Gasteiger partial charge in [-0.1, -0.05) is 13.8 Å². The summed E-state index contributed by atoms with van der Waals surface area (Å²) in [4.78, 5) is 0. The van der Waals surface area contributed by atoms with Crippen LogP contribution >= 0.6 is 0 Å². The molecule has 0 heterocycles. The third kappa shape index (κ3) is 9.79. The Kier molecular flexibility index (Phi) is 5.51. The Morgan fingerprint density at radius 1 is 1.31 bits per heavy atom. The molecule has 0 aromatic rings. The standard InChI is InChI=1S/C8H20N2O2S/c1-7(2)6-8(3)10-4-5-13(9,11)12/h7-8,10H,4-6H2,1-3H3,(H2,9,11,12). The van der Waals surface area contributed by atoms with E-state index in [2.05, 4.69) is 19.2 Å². The van der Waals surface area contributed by atoms with Gasteiger partial charge in [0.25, 0.3) is 0 Å². The van der Waals surface area contributed by atoms with Crippen molar-refractivity contribution in [3.63, 3.8) is 0 Å².